The standard InChI is InChI=1S/C14H16N2O/c1-11-8-15-6-5-13(11)10-16-9-12-3-2-4-14(17)7-12/h2-8,16-17H,9-10H2,1H3. The number of hydrogen-bond donors (Lipinski definition) is 2. The van der Waals surface area contributed by atoms with Gasteiger partial charge in [0.05, 0.1) is 0 Å². The molecule has 0 saturated heterocycles. The lowest BCUT2D eigenvalue weighted by Gasteiger charge is -2.07. The quantitative estimate of drug-likeness (QED) is 0.844. The summed E-state index contributed by atoms with van der Waals surface area (Å²) < 4.78 is 0. The molecule has 3 heteroatoms. The fourth-order valence-electron chi connectivity index (χ4n) is 1.71. The molecule has 0 saturated carbocycles. The number of aromatic hydroxyl groups is 1. The van der Waals surface area contributed by atoms with Crippen molar-refractivity contribution in [3.8, 4) is 5.75 Å². The van der Waals surface area contributed by atoms with Gasteiger partial charge in [0.25, 0.3) is 0 Å². The van der Waals surface area contributed by atoms with E-state index in [1.807, 2.05) is 24.4 Å². The van der Waals surface area contributed by atoms with Gasteiger partial charge in [-0.1, -0.05) is 12.1 Å². The second-order valence-corrected chi connectivity index (χ2v) is 4.08. The van der Waals surface area contributed by atoms with Crippen LogP contribution in [0.2, 0.25) is 0 Å². The molecular weight excluding hydrogens is 212 g/mol. The Morgan fingerprint density at radius 3 is 2.88 bits per heavy atom. The van der Waals surface area contributed by atoms with Gasteiger partial charge < -0.3 is 10.4 Å². The zero-order valence-electron chi connectivity index (χ0n) is 9.85. The average molecular weight is 228 g/mol. The molecule has 0 atom stereocenters. The first-order valence-electron chi connectivity index (χ1n) is 5.64. The Balaban J connectivity index is 1.90. The predicted octanol–water partition coefficient (Wildman–Crippen LogP) is 2.39. The Morgan fingerprint density at radius 2 is 2.12 bits per heavy atom. The van der Waals surface area contributed by atoms with Crippen molar-refractivity contribution in [2.45, 2.75) is 20.0 Å². The Kier molecular flexibility index (Phi) is 3.73. The summed E-state index contributed by atoms with van der Waals surface area (Å²) in [5.74, 6) is 0.310. The Bertz CT molecular complexity index is 497. The van der Waals surface area contributed by atoms with Gasteiger partial charge in [0.2, 0.25) is 0 Å². The molecule has 0 aliphatic rings. The minimum atomic E-state index is 0.310. The van der Waals surface area contributed by atoms with E-state index in [0.29, 0.717) is 5.75 Å². The maximum Gasteiger partial charge on any atom is 0.115 e. The van der Waals surface area contributed by atoms with Crippen LogP contribution in [0.4, 0.5) is 0 Å². The van der Waals surface area contributed by atoms with Gasteiger partial charge in [0, 0.05) is 25.5 Å². The second kappa shape index (κ2) is 5.46. The van der Waals surface area contributed by atoms with Gasteiger partial charge in [-0.15, -0.1) is 0 Å². The maximum atomic E-state index is 9.34. The Hall–Kier alpha value is -1.87. The molecule has 2 N–H and O–H groups in total. The largest absolute Gasteiger partial charge is 0.508 e. The fraction of sp³-hybridized carbons (Fsp3) is 0.214. The van der Waals surface area contributed by atoms with Crippen LogP contribution in [-0.4, -0.2) is 10.1 Å². The Labute approximate surface area is 101 Å². The first-order chi connectivity index (χ1) is 8.25. The average Bonchev–Trinajstić information content (AvgIpc) is 2.32. The number of pyridine rings is 1. The third kappa shape index (κ3) is 3.29. The van der Waals surface area contributed by atoms with E-state index in [1.165, 1.54) is 11.1 Å². The zero-order valence-corrected chi connectivity index (χ0v) is 9.85. The zero-order chi connectivity index (χ0) is 12.1. The first-order valence-corrected chi connectivity index (χ1v) is 5.64. The van der Waals surface area contributed by atoms with Crippen molar-refractivity contribution in [2.24, 2.45) is 0 Å². The molecule has 1 aromatic carbocycles. The predicted molar refractivity (Wildman–Crippen MR) is 67.6 cm³/mol. The monoisotopic (exact) mass is 228 g/mol. The maximum absolute atomic E-state index is 9.34. The molecule has 88 valence electrons. The number of rotatable bonds is 4. The number of nitrogens with one attached hydrogen (secondary N) is 1. The minimum absolute atomic E-state index is 0.310. The molecule has 2 rings (SSSR count). The van der Waals surface area contributed by atoms with Crippen molar-refractivity contribution in [2.75, 3.05) is 0 Å². The lowest BCUT2D eigenvalue weighted by Crippen LogP contribution is -2.13. The van der Waals surface area contributed by atoms with Crippen LogP contribution in [0.15, 0.2) is 42.7 Å². The summed E-state index contributed by atoms with van der Waals surface area (Å²) in [6.07, 6.45) is 3.67. The van der Waals surface area contributed by atoms with Gasteiger partial charge in [0.15, 0.2) is 0 Å². The molecule has 0 fully saturated rings. The van der Waals surface area contributed by atoms with Gasteiger partial charge in [-0.2, -0.15) is 0 Å². The smallest absolute Gasteiger partial charge is 0.115 e. The molecule has 3 nitrogen and oxygen atoms in total. The van der Waals surface area contributed by atoms with Gasteiger partial charge in [0.1, 0.15) is 5.75 Å². The molecule has 0 radical (unpaired) electrons. The highest BCUT2D eigenvalue weighted by atomic mass is 16.3. The number of nitrogens with zero attached hydrogens (tertiary/aromatic N) is 1. The molecule has 17 heavy (non-hydrogen) atoms. The van der Waals surface area contributed by atoms with E-state index < -0.39 is 0 Å². The topological polar surface area (TPSA) is 45.2 Å². The summed E-state index contributed by atoms with van der Waals surface area (Å²) >= 11 is 0. The summed E-state index contributed by atoms with van der Waals surface area (Å²) in [5.41, 5.74) is 3.52. The molecule has 1 heterocycles. The van der Waals surface area contributed by atoms with Crippen LogP contribution < -0.4 is 5.32 Å². The summed E-state index contributed by atoms with van der Waals surface area (Å²) in [6.45, 7) is 3.61. The second-order valence-electron chi connectivity index (χ2n) is 4.08. The first kappa shape index (κ1) is 11.6. The molecule has 0 aliphatic carbocycles. The third-order valence-corrected chi connectivity index (χ3v) is 2.69. The van der Waals surface area contributed by atoms with Crippen LogP contribution in [0.1, 0.15) is 16.7 Å². The van der Waals surface area contributed by atoms with Gasteiger partial charge in [-0.3, -0.25) is 4.98 Å². The van der Waals surface area contributed by atoms with Crippen molar-refractivity contribution >= 4 is 0 Å². The number of phenols is 1. The summed E-state index contributed by atoms with van der Waals surface area (Å²) in [6, 6.07) is 9.31. The van der Waals surface area contributed by atoms with Crippen molar-refractivity contribution in [3.63, 3.8) is 0 Å². The minimum Gasteiger partial charge on any atom is -0.508 e. The third-order valence-electron chi connectivity index (χ3n) is 2.69. The van der Waals surface area contributed by atoms with Crippen LogP contribution in [0, 0.1) is 6.92 Å². The van der Waals surface area contributed by atoms with Crippen molar-refractivity contribution in [1.82, 2.24) is 10.3 Å². The summed E-state index contributed by atoms with van der Waals surface area (Å²) in [5, 5.41) is 12.7. The van der Waals surface area contributed by atoms with E-state index in [-0.39, 0.29) is 0 Å². The van der Waals surface area contributed by atoms with Crippen LogP contribution in [0.3, 0.4) is 0 Å². The van der Waals surface area contributed by atoms with E-state index in [1.54, 1.807) is 18.3 Å². The van der Waals surface area contributed by atoms with E-state index in [0.717, 1.165) is 18.7 Å². The van der Waals surface area contributed by atoms with Gasteiger partial charge in [-0.25, -0.2) is 0 Å². The molecular formula is C14H16N2O. The van der Waals surface area contributed by atoms with Gasteiger partial charge in [-0.05, 0) is 41.8 Å². The van der Waals surface area contributed by atoms with Gasteiger partial charge >= 0.3 is 0 Å². The number of aromatic nitrogens is 1. The Morgan fingerprint density at radius 1 is 1.24 bits per heavy atom. The van der Waals surface area contributed by atoms with Crippen molar-refractivity contribution in [3.05, 3.63) is 59.4 Å². The van der Waals surface area contributed by atoms with E-state index >= 15 is 0 Å². The summed E-state index contributed by atoms with van der Waals surface area (Å²) in [4.78, 5) is 4.06. The molecule has 1 aromatic heterocycles. The SMILES string of the molecule is Cc1cnccc1CNCc1cccc(O)c1. The molecule has 0 amide bonds. The normalized spacial score (nSPS) is 10.4. The van der Waals surface area contributed by atoms with Crippen LogP contribution >= 0.6 is 0 Å². The highest BCUT2D eigenvalue weighted by Gasteiger charge is 1.98. The molecule has 2 aromatic rings. The summed E-state index contributed by atoms with van der Waals surface area (Å²) in [7, 11) is 0. The number of phenolic OH excluding ortho intramolecular Hbond substituents is 1. The molecule has 0 aliphatic heterocycles. The van der Waals surface area contributed by atoms with Crippen LogP contribution in [0.5, 0.6) is 5.75 Å². The number of hydrogen-bond acceptors (Lipinski definition) is 3. The number of benzene rings is 1. The lowest BCUT2D eigenvalue weighted by molar-refractivity contribution is 0.474. The van der Waals surface area contributed by atoms with Crippen LogP contribution in [-0.2, 0) is 13.1 Å². The van der Waals surface area contributed by atoms with E-state index in [2.05, 4.69) is 17.2 Å². The fourth-order valence-corrected chi connectivity index (χ4v) is 1.71. The van der Waals surface area contributed by atoms with E-state index in [4.69, 9.17) is 0 Å². The van der Waals surface area contributed by atoms with E-state index in [9.17, 15) is 5.11 Å². The number of aryl methyl sites for hydroxylation is 1. The molecule has 0 unspecified atom stereocenters. The van der Waals surface area contributed by atoms with Crippen molar-refractivity contribution < 1.29 is 5.11 Å². The molecule has 0 bridgehead atoms. The highest BCUT2D eigenvalue weighted by Crippen LogP contribution is 2.11. The van der Waals surface area contributed by atoms with Crippen molar-refractivity contribution in [1.29, 1.82) is 0 Å². The van der Waals surface area contributed by atoms with Crippen LogP contribution in [0.25, 0.3) is 0 Å². The highest BCUT2D eigenvalue weighted by molar-refractivity contribution is 5.27. The lowest BCUT2D eigenvalue weighted by atomic mass is 10.1. The molecule has 0 spiro atoms.